The maximum atomic E-state index is 12.9. The molecule has 348 valence electrons. The van der Waals surface area contributed by atoms with E-state index in [-0.39, 0.29) is 53.1 Å². The number of nitrogens with one attached hydrogen (secondary N) is 2. The van der Waals surface area contributed by atoms with Crippen molar-refractivity contribution in [2.75, 3.05) is 39.5 Å². The largest absolute Gasteiger partial charge is 0.490 e. The van der Waals surface area contributed by atoms with Crippen molar-refractivity contribution in [3.05, 3.63) is 60.7 Å². The van der Waals surface area contributed by atoms with Crippen LogP contribution in [0.4, 0.5) is 9.59 Å². The predicted octanol–water partition coefficient (Wildman–Crippen LogP) is 11.1. The molecule has 2 amide bonds. The number of para-hydroxylation sites is 2. The van der Waals surface area contributed by atoms with Crippen LogP contribution >= 0.6 is 0 Å². The van der Waals surface area contributed by atoms with E-state index in [0.29, 0.717) is 73.9 Å². The molecule has 0 fully saturated rings. The minimum Gasteiger partial charge on any atom is -0.490 e. The zero-order valence-electron chi connectivity index (χ0n) is 38.5. The van der Waals surface area contributed by atoms with E-state index < -0.39 is 24.4 Å². The van der Waals surface area contributed by atoms with E-state index in [0.717, 1.165) is 44.9 Å². The molecule has 2 N–H and O–H groups in total. The smallest absolute Gasteiger partial charge is 0.407 e. The Bertz CT molecular complexity index is 1490. The number of carbonyl (C=O) groups excluding carboxylic acids is 4. The molecule has 0 saturated carbocycles. The molecule has 7 unspecified atom stereocenters. The Kier molecular flexibility index (Phi) is 27.1. The highest BCUT2D eigenvalue weighted by Crippen LogP contribution is 2.29. The summed E-state index contributed by atoms with van der Waals surface area (Å²) in [6.45, 7) is 17.9. The highest BCUT2D eigenvalue weighted by Gasteiger charge is 2.26. The lowest BCUT2D eigenvalue weighted by atomic mass is 9.82. The number of alkyl carbamates (subject to hydrolysis) is 2. The van der Waals surface area contributed by atoms with Gasteiger partial charge in [0, 0.05) is 28.8 Å². The molecule has 2 rings (SSSR count). The molecular formula is C49H82N2O10. The first-order valence-electron chi connectivity index (χ1n) is 22.9. The van der Waals surface area contributed by atoms with Crippen molar-refractivity contribution < 1.29 is 50.5 Å². The van der Waals surface area contributed by atoms with Gasteiger partial charge in [-0.3, -0.25) is 9.59 Å². The van der Waals surface area contributed by atoms with E-state index in [1.807, 2.05) is 60.7 Å². The third kappa shape index (κ3) is 24.5. The highest BCUT2D eigenvalue weighted by molar-refractivity contribution is 5.70. The summed E-state index contributed by atoms with van der Waals surface area (Å²) in [6, 6.07) is 18.4. The Labute approximate surface area is 369 Å². The van der Waals surface area contributed by atoms with Crippen molar-refractivity contribution in [1.29, 1.82) is 0 Å². The first-order chi connectivity index (χ1) is 29.3. The van der Waals surface area contributed by atoms with Crippen molar-refractivity contribution in [1.82, 2.24) is 10.6 Å². The van der Waals surface area contributed by atoms with Gasteiger partial charge in [0.1, 0.15) is 37.9 Å². The number of ether oxygens (including phenoxy) is 6. The fourth-order valence-corrected chi connectivity index (χ4v) is 6.92. The molecule has 2 aromatic carbocycles. The van der Waals surface area contributed by atoms with Gasteiger partial charge in [-0.05, 0) is 85.5 Å². The molecule has 0 aliphatic rings. The number of hydrogen-bond donors (Lipinski definition) is 2. The average molecular weight is 859 g/mol. The summed E-state index contributed by atoms with van der Waals surface area (Å²) in [4.78, 5) is 51.3. The molecule has 61 heavy (non-hydrogen) atoms. The number of hydrogen-bond acceptors (Lipinski definition) is 10. The van der Waals surface area contributed by atoms with Gasteiger partial charge in [0.2, 0.25) is 0 Å². The molecular weight excluding hydrogens is 777 g/mol. The van der Waals surface area contributed by atoms with Crippen LogP contribution in [0.3, 0.4) is 0 Å². The Morgan fingerprint density at radius 1 is 0.541 bits per heavy atom. The molecule has 0 heterocycles. The molecule has 0 radical (unpaired) electrons. The van der Waals surface area contributed by atoms with E-state index in [4.69, 9.17) is 28.4 Å². The van der Waals surface area contributed by atoms with Crippen LogP contribution in [0.5, 0.6) is 11.5 Å². The lowest BCUT2D eigenvalue weighted by Gasteiger charge is -2.25. The zero-order valence-corrected chi connectivity index (χ0v) is 38.5. The van der Waals surface area contributed by atoms with E-state index in [1.165, 1.54) is 0 Å². The SMILES string of the molecule is CCC(C)CC(CC(=O)OCC(COc1ccccc1)OC(=O)NCCCCCCNC(=O)OC(COC(=O)CC(CC(C)C)C(C)CC)COc1ccccc1)C(C)CC.[HH].[HH]. The molecule has 0 aliphatic heterocycles. The second-order valence-corrected chi connectivity index (χ2v) is 17.0. The van der Waals surface area contributed by atoms with Gasteiger partial charge < -0.3 is 39.1 Å². The van der Waals surface area contributed by atoms with Crippen molar-refractivity contribution in [3.63, 3.8) is 0 Å². The molecule has 2 aromatic rings. The summed E-state index contributed by atoms with van der Waals surface area (Å²) < 4.78 is 34.2. The van der Waals surface area contributed by atoms with Crippen molar-refractivity contribution in [2.45, 2.75) is 138 Å². The van der Waals surface area contributed by atoms with Crippen LogP contribution in [0.2, 0.25) is 0 Å². The Morgan fingerprint density at radius 2 is 0.951 bits per heavy atom. The van der Waals surface area contributed by atoms with Crippen LogP contribution in [0.1, 0.15) is 129 Å². The normalized spacial score (nSPS) is 14.6. The molecule has 12 nitrogen and oxygen atoms in total. The highest BCUT2D eigenvalue weighted by atomic mass is 16.6. The summed E-state index contributed by atoms with van der Waals surface area (Å²) in [5.74, 6) is 2.87. The minimum atomic E-state index is -0.792. The third-order valence-corrected chi connectivity index (χ3v) is 11.3. The number of amides is 2. The van der Waals surface area contributed by atoms with Gasteiger partial charge in [-0.2, -0.15) is 0 Å². The molecule has 0 saturated heterocycles. The summed E-state index contributed by atoms with van der Waals surface area (Å²) in [5, 5.41) is 5.57. The van der Waals surface area contributed by atoms with Crippen LogP contribution in [0, 0.1) is 35.5 Å². The van der Waals surface area contributed by atoms with Crippen LogP contribution in [-0.2, 0) is 28.5 Å². The summed E-state index contributed by atoms with van der Waals surface area (Å²) in [5.41, 5.74) is 0. The number of carbonyl (C=O) groups is 4. The van der Waals surface area contributed by atoms with Crippen molar-refractivity contribution in [3.8, 4) is 11.5 Å². The molecule has 0 aliphatic carbocycles. The third-order valence-electron chi connectivity index (χ3n) is 11.3. The Morgan fingerprint density at radius 3 is 1.33 bits per heavy atom. The average Bonchev–Trinajstić information content (AvgIpc) is 3.25. The number of unbranched alkanes of at least 4 members (excludes halogenated alkanes) is 3. The van der Waals surface area contributed by atoms with Gasteiger partial charge in [-0.25, -0.2) is 9.59 Å². The monoisotopic (exact) mass is 859 g/mol. The molecule has 7 atom stereocenters. The topological polar surface area (TPSA) is 148 Å². The summed E-state index contributed by atoms with van der Waals surface area (Å²) in [6.07, 6.45) is 5.79. The maximum absolute atomic E-state index is 12.9. The Hall–Kier alpha value is -4.48. The quantitative estimate of drug-likeness (QED) is 0.0414. The standard InChI is InChI=1S/C49H78N2O10.2H2/c1-9-37(6)29-41(39(8)11-3)31-47(53)59-35-45(33-57-43-24-18-15-19-25-43)61-49(55)51-27-21-13-12-20-26-50-48(54)60-44(32-56-42-22-16-14-17-23-42)34-58-46(52)30-40(28-36(4)5)38(7)10-2;;/h14-19,22-25,36-41,44-45H,9-13,20-21,26-35H2,1-8H3,(H,50,54)(H,51,55);2*1H. The van der Waals surface area contributed by atoms with Crippen LogP contribution < -0.4 is 20.1 Å². The van der Waals surface area contributed by atoms with Gasteiger partial charge in [-0.15, -0.1) is 0 Å². The first-order valence-corrected chi connectivity index (χ1v) is 22.9. The van der Waals surface area contributed by atoms with Gasteiger partial charge in [-0.1, -0.05) is 124 Å². The van der Waals surface area contributed by atoms with Crippen LogP contribution in [0.25, 0.3) is 0 Å². The molecule has 0 aromatic heterocycles. The summed E-state index contributed by atoms with van der Waals surface area (Å²) in [7, 11) is 0. The lowest BCUT2D eigenvalue weighted by Crippen LogP contribution is -2.36. The zero-order chi connectivity index (χ0) is 44.8. The first kappa shape index (κ1) is 52.7. The van der Waals surface area contributed by atoms with Crippen LogP contribution in [-0.4, -0.2) is 75.9 Å². The second kappa shape index (κ2) is 31.4. The second-order valence-electron chi connectivity index (χ2n) is 17.0. The van der Waals surface area contributed by atoms with Crippen molar-refractivity contribution >= 4 is 24.1 Å². The minimum absolute atomic E-state index is 0. The van der Waals surface area contributed by atoms with Gasteiger partial charge in [0.05, 0.1) is 0 Å². The van der Waals surface area contributed by atoms with E-state index in [2.05, 4.69) is 66.0 Å². The maximum Gasteiger partial charge on any atom is 0.407 e. The number of rotatable bonds is 32. The fraction of sp³-hybridized carbons (Fsp3) is 0.673. The fourth-order valence-electron chi connectivity index (χ4n) is 6.92. The van der Waals surface area contributed by atoms with Gasteiger partial charge >= 0.3 is 24.1 Å². The Balaban J connectivity index is 0.0000192. The number of benzene rings is 2. The van der Waals surface area contributed by atoms with Gasteiger partial charge in [0.25, 0.3) is 0 Å². The van der Waals surface area contributed by atoms with Crippen LogP contribution in [0.15, 0.2) is 60.7 Å². The van der Waals surface area contributed by atoms with E-state index in [9.17, 15) is 19.2 Å². The lowest BCUT2D eigenvalue weighted by molar-refractivity contribution is -0.149. The number of esters is 2. The van der Waals surface area contributed by atoms with E-state index in [1.54, 1.807) is 0 Å². The van der Waals surface area contributed by atoms with E-state index >= 15 is 0 Å². The van der Waals surface area contributed by atoms with Gasteiger partial charge in [0.15, 0.2) is 12.2 Å². The predicted molar refractivity (Wildman–Crippen MR) is 244 cm³/mol. The molecule has 12 heteroatoms. The molecule has 0 spiro atoms. The molecule has 0 bridgehead atoms. The summed E-state index contributed by atoms with van der Waals surface area (Å²) >= 11 is 0. The van der Waals surface area contributed by atoms with Crippen molar-refractivity contribution in [2.24, 2.45) is 35.5 Å².